The van der Waals surface area contributed by atoms with Crippen LogP contribution >= 0.6 is 11.6 Å². The van der Waals surface area contributed by atoms with Crippen LogP contribution in [-0.4, -0.2) is 4.90 Å². The topological polar surface area (TPSA) is 15.3 Å². The van der Waals surface area contributed by atoms with Crippen LogP contribution in [0.25, 0.3) is 0 Å². The van der Waals surface area contributed by atoms with Crippen LogP contribution in [0.4, 0.5) is 0 Å². The first-order chi connectivity index (χ1) is 11.5. The summed E-state index contributed by atoms with van der Waals surface area (Å²) in [5.74, 6) is 0. The Balaban J connectivity index is 2.29. The maximum Gasteiger partial charge on any atom is 0.0681 e. The predicted octanol–water partition coefficient (Wildman–Crippen LogP) is 5.70. The molecule has 0 fully saturated rings. The van der Waals surface area contributed by atoms with E-state index in [2.05, 4.69) is 56.4 Å². The van der Waals surface area contributed by atoms with E-state index in [0.29, 0.717) is 0 Å². The van der Waals surface area contributed by atoms with E-state index >= 15 is 0 Å². The molecule has 3 heteroatoms. The summed E-state index contributed by atoms with van der Waals surface area (Å²) in [6, 6.07) is 6.07. The Labute approximate surface area is 150 Å². The molecule has 1 N–H and O–H groups in total. The Kier molecular flexibility index (Phi) is 6.10. The highest BCUT2D eigenvalue weighted by atomic mass is 35.5. The molecule has 0 unspecified atom stereocenters. The van der Waals surface area contributed by atoms with Crippen LogP contribution in [0.5, 0.6) is 0 Å². The Morgan fingerprint density at radius 1 is 1.25 bits per heavy atom. The Morgan fingerprint density at radius 3 is 2.62 bits per heavy atom. The van der Waals surface area contributed by atoms with Crippen molar-refractivity contribution in [3.63, 3.8) is 0 Å². The number of benzene rings is 1. The lowest BCUT2D eigenvalue weighted by molar-refractivity contribution is 0.583. The lowest BCUT2D eigenvalue weighted by Gasteiger charge is -2.29. The van der Waals surface area contributed by atoms with Crippen molar-refractivity contribution in [1.82, 2.24) is 10.2 Å². The van der Waals surface area contributed by atoms with E-state index in [4.69, 9.17) is 11.6 Å². The monoisotopic (exact) mass is 340 g/mol. The van der Waals surface area contributed by atoms with Gasteiger partial charge in [-0.1, -0.05) is 43.3 Å². The first kappa shape index (κ1) is 18.2. The molecule has 0 saturated carbocycles. The average molecular weight is 341 g/mol. The highest BCUT2D eigenvalue weighted by Gasteiger charge is 2.15. The van der Waals surface area contributed by atoms with E-state index in [0.717, 1.165) is 35.1 Å². The average Bonchev–Trinajstić information content (AvgIpc) is 2.55. The molecule has 0 aromatic heterocycles. The fourth-order valence-corrected chi connectivity index (χ4v) is 2.89. The number of allylic oxidation sites excluding steroid dienone is 4. The molecule has 1 aliphatic heterocycles. The second kappa shape index (κ2) is 8.07. The fraction of sp³-hybridized carbons (Fsp3) is 0.238. The molecule has 1 heterocycles. The molecular weight excluding hydrogens is 316 g/mol. The van der Waals surface area contributed by atoms with Crippen LogP contribution in [0, 0.1) is 0 Å². The maximum absolute atomic E-state index is 6.15. The maximum atomic E-state index is 6.15. The van der Waals surface area contributed by atoms with Crippen LogP contribution in [0.1, 0.15) is 31.9 Å². The SMILES string of the molecule is C=CC1=C(NCc2cc(Cl)ccc2CC)C=CC(=C)N1C=C(C)C. The van der Waals surface area contributed by atoms with Gasteiger partial charge in [0, 0.05) is 23.5 Å². The third kappa shape index (κ3) is 4.21. The molecule has 0 bridgehead atoms. The predicted molar refractivity (Wildman–Crippen MR) is 104 cm³/mol. The molecule has 1 aromatic rings. The lowest BCUT2D eigenvalue weighted by atomic mass is 10.0. The second-order valence-electron chi connectivity index (χ2n) is 6.02. The minimum absolute atomic E-state index is 0.718. The number of hydrogen-bond acceptors (Lipinski definition) is 2. The summed E-state index contributed by atoms with van der Waals surface area (Å²) in [5.41, 5.74) is 6.67. The lowest BCUT2D eigenvalue weighted by Crippen LogP contribution is -2.24. The zero-order chi connectivity index (χ0) is 17.7. The van der Waals surface area contributed by atoms with Crippen LogP contribution in [0.2, 0.25) is 5.02 Å². The van der Waals surface area contributed by atoms with E-state index in [1.807, 2.05) is 30.4 Å². The zero-order valence-corrected chi connectivity index (χ0v) is 15.5. The third-order valence-corrected chi connectivity index (χ3v) is 4.12. The molecule has 0 amide bonds. The van der Waals surface area contributed by atoms with Gasteiger partial charge in [0.15, 0.2) is 0 Å². The van der Waals surface area contributed by atoms with E-state index in [9.17, 15) is 0 Å². The molecule has 2 nitrogen and oxygen atoms in total. The summed E-state index contributed by atoms with van der Waals surface area (Å²) in [5, 5.41) is 4.28. The molecule has 24 heavy (non-hydrogen) atoms. The van der Waals surface area contributed by atoms with Gasteiger partial charge >= 0.3 is 0 Å². The van der Waals surface area contributed by atoms with Crippen molar-refractivity contribution in [1.29, 1.82) is 0 Å². The van der Waals surface area contributed by atoms with Gasteiger partial charge < -0.3 is 10.2 Å². The fourth-order valence-electron chi connectivity index (χ4n) is 2.69. The Bertz CT molecular complexity index is 734. The summed E-state index contributed by atoms with van der Waals surface area (Å²) in [6.45, 7) is 15.1. The highest BCUT2D eigenvalue weighted by molar-refractivity contribution is 6.30. The molecule has 0 spiro atoms. The van der Waals surface area contributed by atoms with Crippen molar-refractivity contribution < 1.29 is 0 Å². The number of halogens is 1. The summed E-state index contributed by atoms with van der Waals surface area (Å²) >= 11 is 6.15. The van der Waals surface area contributed by atoms with Crippen molar-refractivity contribution in [2.45, 2.75) is 33.7 Å². The first-order valence-electron chi connectivity index (χ1n) is 8.15. The van der Waals surface area contributed by atoms with Crippen molar-refractivity contribution in [3.05, 3.63) is 94.6 Å². The van der Waals surface area contributed by atoms with Gasteiger partial charge in [-0.3, -0.25) is 0 Å². The highest BCUT2D eigenvalue weighted by Crippen LogP contribution is 2.25. The third-order valence-electron chi connectivity index (χ3n) is 3.89. The van der Waals surface area contributed by atoms with E-state index < -0.39 is 0 Å². The number of rotatable bonds is 6. The van der Waals surface area contributed by atoms with Crippen LogP contribution in [0.3, 0.4) is 0 Å². The number of hydrogen-bond donors (Lipinski definition) is 1. The van der Waals surface area contributed by atoms with Gasteiger partial charge in [0.05, 0.1) is 11.4 Å². The smallest absolute Gasteiger partial charge is 0.0681 e. The van der Waals surface area contributed by atoms with Gasteiger partial charge in [-0.05, 0) is 61.8 Å². The molecule has 2 rings (SSSR count). The molecule has 1 aromatic carbocycles. The van der Waals surface area contributed by atoms with Gasteiger partial charge in [0.2, 0.25) is 0 Å². The van der Waals surface area contributed by atoms with Crippen molar-refractivity contribution in [3.8, 4) is 0 Å². The van der Waals surface area contributed by atoms with Crippen molar-refractivity contribution in [2.75, 3.05) is 0 Å². The molecule has 1 aliphatic rings. The van der Waals surface area contributed by atoms with Crippen molar-refractivity contribution >= 4 is 11.6 Å². The summed E-state index contributed by atoms with van der Waals surface area (Å²) in [6.07, 6.45) is 8.97. The van der Waals surface area contributed by atoms with Crippen LogP contribution in [-0.2, 0) is 13.0 Å². The van der Waals surface area contributed by atoms with Crippen LogP contribution < -0.4 is 5.32 Å². The summed E-state index contributed by atoms with van der Waals surface area (Å²) in [7, 11) is 0. The van der Waals surface area contributed by atoms with Crippen LogP contribution in [0.15, 0.2) is 78.4 Å². The first-order valence-corrected chi connectivity index (χ1v) is 8.53. The van der Waals surface area contributed by atoms with E-state index in [1.54, 1.807) is 0 Å². The molecule has 0 radical (unpaired) electrons. The summed E-state index contributed by atoms with van der Waals surface area (Å²) in [4.78, 5) is 2.06. The zero-order valence-electron chi connectivity index (χ0n) is 14.7. The van der Waals surface area contributed by atoms with Gasteiger partial charge in [-0.15, -0.1) is 0 Å². The Morgan fingerprint density at radius 2 is 2.00 bits per heavy atom. The quantitative estimate of drug-likeness (QED) is 0.714. The largest absolute Gasteiger partial charge is 0.379 e. The normalized spacial score (nSPS) is 14.0. The number of nitrogens with one attached hydrogen (secondary N) is 1. The van der Waals surface area contributed by atoms with Gasteiger partial charge in [0.1, 0.15) is 0 Å². The van der Waals surface area contributed by atoms with Crippen molar-refractivity contribution in [2.24, 2.45) is 0 Å². The second-order valence-corrected chi connectivity index (χ2v) is 6.46. The standard InChI is InChI=1S/C21H25ClN2/c1-6-17-9-10-19(22)12-18(17)13-23-20-11-8-16(5)24(14-15(3)4)21(20)7-2/h7-12,14,23H,2,5-6,13H2,1,3-4H3. The number of nitrogens with zero attached hydrogens (tertiary/aromatic N) is 1. The molecule has 126 valence electrons. The molecular formula is C21H25ClN2. The minimum Gasteiger partial charge on any atom is -0.379 e. The summed E-state index contributed by atoms with van der Waals surface area (Å²) < 4.78 is 0. The molecule has 0 aliphatic carbocycles. The van der Waals surface area contributed by atoms with Gasteiger partial charge in [-0.2, -0.15) is 0 Å². The van der Waals surface area contributed by atoms with E-state index in [1.165, 1.54) is 16.7 Å². The Hall–Kier alpha value is -2.19. The molecule has 0 saturated heterocycles. The van der Waals surface area contributed by atoms with Gasteiger partial charge in [0.25, 0.3) is 0 Å². The molecule has 0 atom stereocenters. The van der Waals surface area contributed by atoms with Gasteiger partial charge in [-0.25, -0.2) is 0 Å². The minimum atomic E-state index is 0.718. The number of aryl methyl sites for hydroxylation is 1. The van der Waals surface area contributed by atoms with E-state index in [-0.39, 0.29) is 0 Å².